The summed E-state index contributed by atoms with van der Waals surface area (Å²) >= 11 is 0. The number of hydrogen-bond donors (Lipinski definition) is 11. The number of nitrogens with two attached hydrogens (primary N) is 2. The predicted molar refractivity (Wildman–Crippen MR) is 110 cm³/mol. The van der Waals surface area contributed by atoms with Crippen LogP contribution in [0.4, 0.5) is 0 Å². The van der Waals surface area contributed by atoms with Crippen LogP contribution in [0.25, 0.3) is 0 Å². The Labute approximate surface area is 194 Å². The smallest absolute Gasteiger partial charge is 0.323 e. The second-order valence-electron chi connectivity index (χ2n) is 8.03. The van der Waals surface area contributed by atoms with E-state index in [9.17, 15) is 40.5 Å². The molecular weight excluding hydrogens is 464 g/mol. The maximum Gasteiger partial charge on any atom is 0.323 e. The van der Waals surface area contributed by atoms with Gasteiger partial charge in [0.05, 0.1) is 13.2 Å². The van der Waals surface area contributed by atoms with Crippen LogP contribution in [0.2, 0.25) is 0 Å². The maximum absolute atomic E-state index is 12.4. The SMILES string of the molecule is N=C(N)NCCC[C@H](N)C(=O)O[C@@H]1[C@@H](O)[C@@H](O[C@H]2O[C@H](CO)[C@@H](O)[C@H](O)[C@H]2O)O[C@H](CO)[C@H]1O. The number of carbonyl (C=O) groups is 1. The Kier molecular flexibility index (Phi) is 10.8. The molecule has 0 amide bonds. The van der Waals surface area contributed by atoms with E-state index < -0.39 is 86.6 Å². The highest BCUT2D eigenvalue weighted by molar-refractivity contribution is 5.76. The average Bonchev–Trinajstić information content (AvgIpc) is 2.80. The molecule has 11 atom stereocenters. The molecular formula is C18H34N4O12. The van der Waals surface area contributed by atoms with Crippen LogP contribution >= 0.6 is 0 Å². The molecule has 2 aliphatic heterocycles. The first-order valence-electron chi connectivity index (χ1n) is 10.6. The number of nitrogens with one attached hydrogen (secondary N) is 2. The van der Waals surface area contributed by atoms with Crippen molar-refractivity contribution in [2.75, 3.05) is 19.8 Å². The molecule has 2 rings (SSSR count). The third kappa shape index (κ3) is 6.92. The van der Waals surface area contributed by atoms with Crippen molar-refractivity contribution in [3.63, 3.8) is 0 Å². The van der Waals surface area contributed by atoms with E-state index in [1.54, 1.807) is 0 Å². The van der Waals surface area contributed by atoms with Gasteiger partial charge in [0.1, 0.15) is 48.8 Å². The van der Waals surface area contributed by atoms with Gasteiger partial charge >= 0.3 is 5.97 Å². The zero-order valence-corrected chi connectivity index (χ0v) is 18.2. The van der Waals surface area contributed by atoms with E-state index >= 15 is 0 Å². The zero-order chi connectivity index (χ0) is 25.6. The minimum Gasteiger partial charge on any atom is -0.455 e. The van der Waals surface area contributed by atoms with Crippen LogP contribution in [0.15, 0.2) is 0 Å². The molecule has 2 heterocycles. The van der Waals surface area contributed by atoms with Gasteiger partial charge < -0.3 is 71.5 Å². The summed E-state index contributed by atoms with van der Waals surface area (Å²) in [6.45, 7) is -1.21. The number of aliphatic hydroxyl groups excluding tert-OH is 7. The number of esters is 1. The van der Waals surface area contributed by atoms with E-state index in [1.165, 1.54) is 0 Å². The lowest BCUT2D eigenvalue weighted by atomic mass is 9.97. The van der Waals surface area contributed by atoms with Gasteiger partial charge in [-0.05, 0) is 12.8 Å². The van der Waals surface area contributed by atoms with Crippen molar-refractivity contribution in [2.45, 2.75) is 80.3 Å². The summed E-state index contributed by atoms with van der Waals surface area (Å²) in [6, 6.07) is -1.15. The number of ether oxygens (including phenoxy) is 4. The normalized spacial score (nSPS) is 39.3. The molecule has 0 saturated carbocycles. The van der Waals surface area contributed by atoms with Crippen molar-refractivity contribution < 1.29 is 59.5 Å². The van der Waals surface area contributed by atoms with Gasteiger partial charge in [-0.15, -0.1) is 0 Å². The van der Waals surface area contributed by atoms with Crippen molar-refractivity contribution in [2.24, 2.45) is 11.5 Å². The molecule has 0 bridgehead atoms. The molecule has 0 aromatic heterocycles. The fourth-order valence-corrected chi connectivity index (χ4v) is 3.50. The summed E-state index contributed by atoms with van der Waals surface area (Å²) < 4.78 is 21.0. The van der Waals surface area contributed by atoms with E-state index in [-0.39, 0.29) is 18.9 Å². The van der Waals surface area contributed by atoms with Gasteiger partial charge in [-0.2, -0.15) is 0 Å². The van der Waals surface area contributed by atoms with Crippen molar-refractivity contribution in [3.8, 4) is 0 Å². The molecule has 13 N–H and O–H groups in total. The molecule has 0 spiro atoms. The lowest BCUT2D eigenvalue weighted by Crippen LogP contribution is -2.64. The number of carbonyl (C=O) groups excluding carboxylic acids is 1. The van der Waals surface area contributed by atoms with E-state index in [0.717, 1.165) is 0 Å². The Morgan fingerprint density at radius 2 is 1.50 bits per heavy atom. The Morgan fingerprint density at radius 1 is 0.941 bits per heavy atom. The second kappa shape index (κ2) is 12.8. The lowest BCUT2D eigenvalue weighted by molar-refractivity contribution is -0.376. The summed E-state index contributed by atoms with van der Waals surface area (Å²) in [7, 11) is 0. The molecule has 198 valence electrons. The Balaban J connectivity index is 2.04. The fraction of sp³-hybridized carbons (Fsp3) is 0.889. The van der Waals surface area contributed by atoms with Gasteiger partial charge in [0.2, 0.25) is 0 Å². The predicted octanol–water partition coefficient (Wildman–Crippen LogP) is -6.26. The molecule has 2 aliphatic rings. The van der Waals surface area contributed by atoms with Gasteiger partial charge in [0.25, 0.3) is 0 Å². The van der Waals surface area contributed by atoms with Crippen LogP contribution in [0.5, 0.6) is 0 Å². The van der Waals surface area contributed by atoms with Crippen LogP contribution < -0.4 is 16.8 Å². The minimum absolute atomic E-state index is 0.128. The molecule has 0 aliphatic carbocycles. The standard InChI is InChI=1S/C18H34N4O12/c19-6(2-1-3-22-18(20)21)15(30)33-14-10(26)8(5-24)32-17(13(14)29)34-16-12(28)11(27)9(25)7(4-23)31-16/h6-14,16-17,23-29H,1-5,19H2,(H4,20,21,22)/t6-,7+,8+,9+,10+,11-,12+,13+,14-,16+,17+/m0/s1. The van der Waals surface area contributed by atoms with Crippen LogP contribution in [0.1, 0.15) is 12.8 Å². The molecule has 0 aromatic rings. The van der Waals surface area contributed by atoms with Crippen LogP contribution in [0.3, 0.4) is 0 Å². The zero-order valence-electron chi connectivity index (χ0n) is 18.2. The highest BCUT2D eigenvalue weighted by atomic mass is 16.8. The topological polar surface area (TPSA) is 284 Å². The second-order valence-corrected chi connectivity index (χ2v) is 8.03. The van der Waals surface area contributed by atoms with E-state index in [2.05, 4.69) is 5.32 Å². The molecule has 0 radical (unpaired) electrons. The summed E-state index contributed by atoms with van der Waals surface area (Å²) in [5.74, 6) is -1.22. The summed E-state index contributed by atoms with van der Waals surface area (Å²) in [4.78, 5) is 12.4. The molecule has 16 heteroatoms. The van der Waals surface area contributed by atoms with Crippen molar-refractivity contribution in [1.29, 1.82) is 5.41 Å². The number of rotatable bonds is 10. The van der Waals surface area contributed by atoms with Crippen LogP contribution in [-0.4, -0.2) is 135 Å². The van der Waals surface area contributed by atoms with Gasteiger partial charge in [-0.1, -0.05) is 0 Å². The molecule has 2 saturated heterocycles. The molecule has 0 unspecified atom stereocenters. The average molecular weight is 498 g/mol. The summed E-state index contributed by atoms with van der Waals surface area (Å²) in [5, 5.41) is 79.3. The Hall–Kier alpha value is -1.70. The highest BCUT2D eigenvalue weighted by Gasteiger charge is 2.51. The summed E-state index contributed by atoms with van der Waals surface area (Å²) in [5.41, 5.74) is 10.9. The van der Waals surface area contributed by atoms with Crippen molar-refractivity contribution >= 4 is 11.9 Å². The van der Waals surface area contributed by atoms with E-state index in [1.807, 2.05) is 0 Å². The van der Waals surface area contributed by atoms with Gasteiger partial charge in [0.15, 0.2) is 24.6 Å². The van der Waals surface area contributed by atoms with Gasteiger partial charge in [-0.3, -0.25) is 10.2 Å². The molecule has 0 aromatic carbocycles. The van der Waals surface area contributed by atoms with Crippen LogP contribution in [-0.2, 0) is 23.7 Å². The Morgan fingerprint density at radius 3 is 2.06 bits per heavy atom. The molecule has 16 nitrogen and oxygen atoms in total. The first-order chi connectivity index (χ1) is 16.0. The fourth-order valence-electron chi connectivity index (χ4n) is 3.50. The van der Waals surface area contributed by atoms with Crippen LogP contribution in [0, 0.1) is 5.41 Å². The minimum atomic E-state index is -1.85. The van der Waals surface area contributed by atoms with Gasteiger partial charge in [-0.25, -0.2) is 0 Å². The third-order valence-electron chi connectivity index (χ3n) is 5.50. The maximum atomic E-state index is 12.4. The third-order valence-corrected chi connectivity index (χ3v) is 5.50. The van der Waals surface area contributed by atoms with E-state index in [0.29, 0.717) is 6.42 Å². The number of guanidine groups is 1. The first kappa shape index (κ1) is 28.5. The van der Waals surface area contributed by atoms with E-state index in [4.69, 9.17) is 35.8 Å². The monoisotopic (exact) mass is 498 g/mol. The molecule has 2 fully saturated rings. The number of aliphatic hydroxyl groups is 7. The molecule has 34 heavy (non-hydrogen) atoms. The van der Waals surface area contributed by atoms with Crippen molar-refractivity contribution in [1.82, 2.24) is 5.32 Å². The van der Waals surface area contributed by atoms with Crippen molar-refractivity contribution in [3.05, 3.63) is 0 Å². The lowest BCUT2D eigenvalue weighted by Gasteiger charge is -2.45. The summed E-state index contributed by atoms with van der Waals surface area (Å²) in [6.07, 6.45) is -16.0. The first-order valence-corrected chi connectivity index (χ1v) is 10.6. The number of hydrogen-bond acceptors (Lipinski definition) is 14. The Bertz CT molecular complexity index is 673. The van der Waals surface area contributed by atoms with Gasteiger partial charge in [0, 0.05) is 6.54 Å². The quantitative estimate of drug-likeness (QED) is 0.0578. The largest absolute Gasteiger partial charge is 0.455 e. The highest BCUT2D eigenvalue weighted by Crippen LogP contribution is 2.29.